The molecule has 0 saturated carbocycles. The molecule has 8 heavy (non-hydrogen) atoms. The van der Waals surface area contributed by atoms with Gasteiger partial charge in [0.05, 0.1) is 6.07 Å². The zero-order valence-corrected chi connectivity index (χ0v) is 6.03. The van der Waals surface area contributed by atoms with Crippen LogP contribution < -0.4 is 0 Å². The van der Waals surface area contributed by atoms with E-state index in [2.05, 4.69) is 0 Å². The van der Waals surface area contributed by atoms with Crippen molar-refractivity contribution in [3.05, 3.63) is 0 Å². The molecule has 0 aromatic heterocycles. The van der Waals surface area contributed by atoms with Gasteiger partial charge in [-0.15, -0.1) is 0 Å². The number of hydrogen-bond donors (Lipinski definition) is 0. The highest BCUT2D eigenvalue weighted by Crippen LogP contribution is 2.11. The fourth-order valence-corrected chi connectivity index (χ4v) is 0.107. The lowest BCUT2D eigenvalue weighted by Crippen LogP contribution is -2.32. The number of nitrogens with zero attached hydrogens (tertiary/aromatic N) is 2. The van der Waals surface area contributed by atoms with Crippen molar-refractivity contribution in [2.75, 3.05) is 7.05 Å². The first kappa shape index (κ1) is 7.74. The fraction of sp³-hybridized carbons (Fsp3) is 0.800. The number of halogens is 1. The quantitative estimate of drug-likeness (QED) is 0.504. The van der Waals surface area contributed by atoms with Crippen LogP contribution in [0.3, 0.4) is 0 Å². The van der Waals surface area contributed by atoms with Gasteiger partial charge in [-0.1, -0.05) is 0 Å². The maximum Gasteiger partial charge on any atom is 0.116 e. The van der Waals surface area contributed by atoms with Gasteiger partial charge in [0.15, 0.2) is 0 Å². The molecule has 0 aliphatic carbocycles. The predicted molar refractivity (Wildman–Crippen MR) is 33.3 cm³/mol. The van der Waals surface area contributed by atoms with Crippen molar-refractivity contribution in [3.63, 3.8) is 0 Å². The molecule has 3 heteroatoms. The standard InChI is InChI=1S/C5H9ClN2/c1-5(2,4-7)8(3)6/h1-3H3. The summed E-state index contributed by atoms with van der Waals surface area (Å²) in [6, 6.07) is 2.03. The topological polar surface area (TPSA) is 27.0 Å². The molecule has 0 aliphatic rings. The Kier molecular flexibility index (Phi) is 2.26. The predicted octanol–water partition coefficient (Wildman–Crippen LogP) is 1.37. The zero-order chi connectivity index (χ0) is 6.78. The van der Waals surface area contributed by atoms with Gasteiger partial charge in [-0.25, -0.2) is 4.42 Å². The largest absolute Gasteiger partial charge is 0.204 e. The van der Waals surface area contributed by atoms with Gasteiger partial charge in [0.25, 0.3) is 0 Å². The SMILES string of the molecule is CN(Cl)C(C)(C)C#N. The molecule has 0 atom stereocenters. The summed E-state index contributed by atoms with van der Waals surface area (Å²) >= 11 is 5.48. The average molecular weight is 133 g/mol. The third-order valence-corrected chi connectivity index (χ3v) is 1.47. The second kappa shape index (κ2) is 2.34. The molecule has 0 rings (SSSR count). The van der Waals surface area contributed by atoms with Crippen LogP contribution >= 0.6 is 11.8 Å². The van der Waals surface area contributed by atoms with Crippen LogP contribution in [-0.4, -0.2) is 17.0 Å². The van der Waals surface area contributed by atoms with Crippen LogP contribution in [0.2, 0.25) is 0 Å². The van der Waals surface area contributed by atoms with E-state index in [1.54, 1.807) is 20.9 Å². The Morgan fingerprint density at radius 2 is 2.00 bits per heavy atom. The van der Waals surface area contributed by atoms with Gasteiger partial charge in [0.2, 0.25) is 0 Å². The molecule has 0 fully saturated rings. The summed E-state index contributed by atoms with van der Waals surface area (Å²) in [5.41, 5.74) is -0.554. The van der Waals surface area contributed by atoms with E-state index in [4.69, 9.17) is 17.0 Å². The van der Waals surface area contributed by atoms with Gasteiger partial charge < -0.3 is 0 Å². The normalized spacial score (nSPS) is 11.5. The Labute approximate surface area is 54.8 Å². The highest BCUT2D eigenvalue weighted by atomic mass is 35.5. The van der Waals surface area contributed by atoms with Crippen LogP contribution in [0.25, 0.3) is 0 Å². The molecule has 0 N–H and O–H groups in total. The second-order valence-corrected chi connectivity index (χ2v) is 2.66. The van der Waals surface area contributed by atoms with Crippen molar-refractivity contribution < 1.29 is 0 Å². The van der Waals surface area contributed by atoms with Gasteiger partial charge in [-0.3, -0.25) is 0 Å². The molecule has 0 bridgehead atoms. The third kappa shape index (κ3) is 1.69. The molecule has 0 aromatic rings. The lowest BCUT2D eigenvalue weighted by molar-refractivity contribution is 0.360. The number of nitriles is 1. The molecule has 0 unspecified atom stereocenters. The fourth-order valence-electron chi connectivity index (χ4n) is 0.0689. The monoisotopic (exact) mass is 132 g/mol. The van der Waals surface area contributed by atoms with Crippen LogP contribution in [0.1, 0.15) is 13.8 Å². The van der Waals surface area contributed by atoms with E-state index in [1.807, 2.05) is 6.07 Å². The van der Waals surface area contributed by atoms with Gasteiger partial charge >= 0.3 is 0 Å². The van der Waals surface area contributed by atoms with E-state index in [0.29, 0.717) is 0 Å². The minimum Gasteiger partial charge on any atom is -0.204 e. The highest BCUT2D eigenvalue weighted by molar-refractivity contribution is 6.13. The first-order chi connectivity index (χ1) is 3.50. The maximum atomic E-state index is 8.39. The van der Waals surface area contributed by atoms with E-state index in [1.165, 1.54) is 4.42 Å². The Morgan fingerprint density at radius 3 is 2.00 bits per heavy atom. The molecule has 0 radical (unpaired) electrons. The average Bonchev–Trinajstić information content (AvgIpc) is 1.67. The summed E-state index contributed by atoms with van der Waals surface area (Å²) in [7, 11) is 1.66. The van der Waals surface area contributed by atoms with Crippen LogP contribution in [0.5, 0.6) is 0 Å². The highest BCUT2D eigenvalue weighted by Gasteiger charge is 2.20. The van der Waals surface area contributed by atoms with E-state index in [9.17, 15) is 0 Å². The van der Waals surface area contributed by atoms with Crippen molar-refractivity contribution in [1.29, 1.82) is 5.26 Å². The molecule has 0 saturated heterocycles. The van der Waals surface area contributed by atoms with Crippen LogP contribution in [-0.2, 0) is 0 Å². The molecule has 0 amide bonds. The van der Waals surface area contributed by atoms with Gasteiger partial charge in [0, 0.05) is 7.05 Å². The van der Waals surface area contributed by atoms with Crippen molar-refractivity contribution in [1.82, 2.24) is 4.42 Å². The Balaban J connectivity index is 3.97. The van der Waals surface area contributed by atoms with E-state index in [0.717, 1.165) is 0 Å². The molecule has 0 spiro atoms. The lowest BCUT2D eigenvalue weighted by Gasteiger charge is -2.20. The molecular formula is C5H9ClN2. The number of hydrogen-bond acceptors (Lipinski definition) is 2. The van der Waals surface area contributed by atoms with E-state index in [-0.39, 0.29) is 0 Å². The molecule has 2 nitrogen and oxygen atoms in total. The minimum absolute atomic E-state index is 0.554. The smallest absolute Gasteiger partial charge is 0.116 e. The third-order valence-electron chi connectivity index (χ3n) is 1.04. The van der Waals surface area contributed by atoms with Crippen molar-refractivity contribution in [2.45, 2.75) is 19.4 Å². The Bertz CT molecular complexity index is 112. The minimum atomic E-state index is -0.554. The molecule has 0 heterocycles. The first-order valence-corrected chi connectivity index (χ1v) is 2.65. The Morgan fingerprint density at radius 1 is 1.62 bits per heavy atom. The van der Waals surface area contributed by atoms with Crippen LogP contribution in [0, 0.1) is 11.3 Å². The second-order valence-electron chi connectivity index (χ2n) is 2.15. The van der Waals surface area contributed by atoms with Gasteiger partial charge in [-0.2, -0.15) is 5.26 Å². The summed E-state index contributed by atoms with van der Waals surface area (Å²) in [5, 5.41) is 8.39. The van der Waals surface area contributed by atoms with Crippen molar-refractivity contribution >= 4 is 11.8 Å². The van der Waals surface area contributed by atoms with E-state index >= 15 is 0 Å². The van der Waals surface area contributed by atoms with Crippen LogP contribution in [0.4, 0.5) is 0 Å². The Hall–Kier alpha value is -0.260. The summed E-state index contributed by atoms with van der Waals surface area (Å²) < 4.78 is 1.35. The summed E-state index contributed by atoms with van der Waals surface area (Å²) in [5.74, 6) is 0. The van der Waals surface area contributed by atoms with E-state index < -0.39 is 5.54 Å². The number of rotatable bonds is 1. The molecular weight excluding hydrogens is 124 g/mol. The van der Waals surface area contributed by atoms with Crippen molar-refractivity contribution in [2.24, 2.45) is 0 Å². The lowest BCUT2D eigenvalue weighted by atomic mass is 10.1. The maximum absolute atomic E-state index is 8.39. The van der Waals surface area contributed by atoms with Crippen LogP contribution in [0.15, 0.2) is 0 Å². The molecule has 0 aromatic carbocycles. The summed E-state index contributed by atoms with van der Waals surface area (Å²) in [6.45, 7) is 3.50. The first-order valence-electron chi connectivity index (χ1n) is 2.31. The van der Waals surface area contributed by atoms with Crippen molar-refractivity contribution in [3.8, 4) is 6.07 Å². The van der Waals surface area contributed by atoms with Gasteiger partial charge in [-0.05, 0) is 25.6 Å². The molecule has 0 aliphatic heterocycles. The van der Waals surface area contributed by atoms with Gasteiger partial charge in [0.1, 0.15) is 5.54 Å². The summed E-state index contributed by atoms with van der Waals surface area (Å²) in [4.78, 5) is 0. The molecule has 46 valence electrons. The zero-order valence-electron chi connectivity index (χ0n) is 5.27. The summed E-state index contributed by atoms with van der Waals surface area (Å²) in [6.07, 6.45) is 0.